The minimum absolute atomic E-state index is 0.0176. The van der Waals surface area contributed by atoms with Gasteiger partial charge >= 0.3 is 6.18 Å². The zero-order valence-electron chi connectivity index (χ0n) is 10.4. The number of fused-ring (bicyclic) bond motifs is 1. The Hall–Kier alpha value is -2.02. The quantitative estimate of drug-likeness (QED) is 0.672. The van der Waals surface area contributed by atoms with Gasteiger partial charge in [-0.15, -0.1) is 0 Å². The molecule has 2 aromatic carbocycles. The normalized spacial score (nSPS) is 11.8. The van der Waals surface area contributed by atoms with Crippen LogP contribution in [0, 0.1) is 0 Å². The predicted octanol–water partition coefficient (Wildman–Crippen LogP) is 5.35. The van der Waals surface area contributed by atoms with E-state index in [0.29, 0.717) is 15.6 Å². The maximum atomic E-state index is 13.0. The molecule has 21 heavy (non-hydrogen) atoms. The maximum Gasteiger partial charge on any atom is 0.418 e. The number of aromatic nitrogens is 1. The number of hydrogen-bond donors (Lipinski definition) is 1. The molecule has 3 aromatic rings. The van der Waals surface area contributed by atoms with E-state index in [0.717, 1.165) is 6.07 Å². The molecule has 1 heterocycles. The van der Waals surface area contributed by atoms with Crippen LogP contribution >= 0.6 is 15.9 Å². The van der Waals surface area contributed by atoms with Crippen molar-refractivity contribution >= 4 is 38.7 Å². The van der Waals surface area contributed by atoms with Crippen molar-refractivity contribution < 1.29 is 17.6 Å². The fraction of sp³-hybridized carbons (Fsp3) is 0.0714. The third kappa shape index (κ3) is 2.87. The smallest absolute Gasteiger partial charge is 0.418 e. The molecule has 0 amide bonds. The predicted molar refractivity (Wildman–Crippen MR) is 76.4 cm³/mol. The van der Waals surface area contributed by atoms with Crippen molar-refractivity contribution in [3.05, 3.63) is 52.5 Å². The Morgan fingerprint density at radius 3 is 2.57 bits per heavy atom. The summed E-state index contributed by atoms with van der Waals surface area (Å²) in [7, 11) is 0. The average Bonchev–Trinajstić information content (AvgIpc) is 2.82. The third-order valence-corrected chi connectivity index (χ3v) is 3.32. The van der Waals surface area contributed by atoms with Gasteiger partial charge < -0.3 is 9.73 Å². The van der Waals surface area contributed by atoms with Gasteiger partial charge in [-0.2, -0.15) is 18.2 Å². The van der Waals surface area contributed by atoms with Crippen LogP contribution in [0.15, 0.2) is 51.4 Å². The van der Waals surface area contributed by atoms with E-state index in [4.69, 9.17) is 4.42 Å². The number of oxazole rings is 1. The van der Waals surface area contributed by atoms with Crippen LogP contribution in [0.2, 0.25) is 0 Å². The first-order valence-corrected chi connectivity index (χ1v) is 6.72. The first-order valence-electron chi connectivity index (χ1n) is 5.93. The lowest BCUT2D eigenvalue weighted by Crippen LogP contribution is -2.08. The standard InChI is InChI=1S/C14H8BrF3N2O/c15-8-5-6-10(9(7-8)14(16,17)18)19-13-20-11-3-1-2-4-12(11)21-13/h1-7H,(H,19,20). The Morgan fingerprint density at radius 2 is 1.86 bits per heavy atom. The number of benzene rings is 2. The van der Waals surface area contributed by atoms with E-state index in [-0.39, 0.29) is 11.7 Å². The van der Waals surface area contributed by atoms with Gasteiger partial charge in [0.05, 0.1) is 11.3 Å². The van der Waals surface area contributed by atoms with E-state index in [1.54, 1.807) is 24.3 Å². The zero-order chi connectivity index (χ0) is 15.0. The lowest BCUT2D eigenvalue weighted by Gasteiger charge is -2.13. The number of hydrogen-bond acceptors (Lipinski definition) is 3. The van der Waals surface area contributed by atoms with Crippen molar-refractivity contribution in [2.75, 3.05) is 5.32 Å². The van der Waals surface area contributed by atoms with Crippen LogP contribution < -0.4 is 5.32 Å². The molecule has 1 aromatic heterocycles. The zero-order valence-corrected chi connectivity index (χ0v) is 12.0. The minimum Gasteiger partial charge on any atom is -0.423 e. The van der Waals surface area contributed by atoms with E-state index in [1.807, 2.05) is 0 Å². The molecule has 0 fully saturated rings. The van der Waals surface area contributed by atoms with Crippen molar-refractivity contribution in [1.82, 2.24) is 4.98 Å². The molecule has 0 spiro atoms. The summed E-state index contributed by atoms with van der Waals surface area (Å²) in [6.45, 7) is 0. The van der Waals surface area contributed by atoms with Crippen molar-refractivity contribution in [2.45, 2.75) is 6.18 Å². The minimum atomic E-state index is -4.47. The number of halogens is 4. The topological polar surface area (TPSA) is 38.1 Å². The summed E-state index contributed by atoms with van der Waals surface area (Å²) in [5.74, 6) is 0. The van der Waals surface area contributed by atoms with Gasteiger partial charge in [0.1, 0.15) is 5.52 Å². The molecule has 0 atom stereocenters. The fourth-order valence-corrected chi connectivity index (χ4v) is 2.26. The molecule has 7 heteroatoms. The second kappa shape index (κ2) is 5.07. The van der Waals surface area contributed by atoms with E-state index in [9.17, 15) is 13.2 Å². The maximum absolute atomic E-state index is 13.0. The number of anilines is 2. The van der Waals surface area contributed by atoms with Gasteiger partial charge in [-0.25, -0.2) is 0 Å². The van der Waals surface area contributed by atoms with Crippen molar-refractivity contribution in [3.8, 4) is 0 Å². The molecule has 0 unspecified atom stereocenters. The Balaban J connectivity index is 2.01. The summed E-state index contributed by atoms with van der Waals surface area (Å²) in [6, 6.07) is 10.8. The summed E-state index contributed by atoms with van der Waals surface area (Å²) >= 11 is 3.04. The van der Waals surface area contributed by atoms with Gasteiger partial charge in [-0.3, -0.25) is 0 Å². The van der Waals surface area contributed by atoms with E-state index in [1.165, 1.54) is 12.1 Å². The Morgan fingerprint density at radius 1 is 1.10 bits per heavy atom. The number of nitrogens with zero attached hydrogens (tertiary/aromatic N) is 1. The highest BCUT2D eigenvalue weighted by atomic mass is 79.9. The summed E-state index contributed by atoms with van der Waals surface area (Å²) in [5.41, 5.74) is 0.174. The molecule has 0 aliphatic rings. The summed E-state index contributed by atoms with van der Waals surface area (Å²) in [5, 5.41) is 2.58. The van der Waals surface area contributed by atoms with Crippen LogP contribution in [-0.2, 0) is 6.18 Å². The van der Waals surface area contributed by atoms with Crippen LogP contribution in [0.4, 0.5) is 24.9 Å². The van der Waals surface area contributed by atoms with Crippen molar-refractivity contribution in [2.24, 2.45) is 0 Å². The van der Waals surface area contributed by atoms with Crippen LogP contribution in [0.25, 0.3) is 11.1 Å². The van der Waals surface area contributed by atoms with Crippen LogP contribution in [0.3, 0.4) is 0 Å². The number of alkyl halides is 3. The fourth-order valence-electron chi connectivity index (χ4n) is 1.90. The molecule has 108 valence electrons. The third-order valence-electron chi connectivity index (χ3n) is 2.82. The van der Waals surface area contributed by atoms with Crippen LogP contribution in [-0.4, -0.2) is 4.98 Å². The highest BCUT2D eigenvalue weighted by Crippen LogP contribution is 2.37. The van der Waals surface area contributed by atoms with E-state index in [2.05, 4.69) is 26.2 Å². The van der Waals surface area contributed by atoms with Gasteiger partial charge in [0.2, 0.25) is 0 Å². The molecule has 3 rings (SSSR count). The molecule has 0 bridgehead atoms. The second-order valence-electron chi connectivity index (χ2n) is 4.30. The lowest BCUT2D eigenvalue weighted by molar-refractivity contribution is -0.137. The van der Waals surface area contributed by atoms with Crippen molar-refractivity contribution in [3.63, 3.8) is 0 Å². The monoisotopic (exact) mass is 356 g/mol. The van der Waals surface area contributed by atoms with Gasteiger partial charge in [-0.1, -0.05) is 28.1 Å². The number of nitrogens with one attached hydrogen (secondary N) is 1. The summed E-state index contributed by atoms with van der Waals surface area (Å²) in [4.78, 5) is 4.10. The Bertz CT molecular complexity index is 765. The van der Waals surface area contributed by atoms with E-state index >= 15 is 0 Å². The Labute approximate surface area is 125 Å². The van der Waals surface area contributed by atoms with Crippen LogP contribution in [0.5, 0.6) is 0 Å². The van der Waals surface area contributed by atoms with Gasteiger partial charge in [-0.05, 0) is 30.3 Å². The summed E-state index contributed by atoms with van der Waals surface area (Å²) < 4.78 is 44.8. The average molecular weight is 357 g/mol. The molecule has 0 saturated heterocycles. The van der Waals surface area contributed by atoms with Gasteiger partial charge in [0.15, 0.2) is 5.58 Å². The van der Waals surface area contributed by atoms with E-state index < -0.39 is 11.7 Å². The van der Waals surface area contributed by atoms with Crippen molar-refractivity contribution in [1.29, 1.82) is 0 Å². The molecular weight excluding hydrogens is 349 g/mol. The first-order chi connectivity index (χ1) is 9.93. The first kappa shape index (κ1) is 13.9. The molecule has 0 saturated carbocycles. The molecule has 3 nitrogen and oxygen atoms in total. The SMILES string of the molecule is FC(F)(F)c1cc(Br)ccc1Nc1nc2ccccc2o1. The van der Waals surface area contributed by atoms with Gasteiger partial charge in [0.25, 0.3) is 6.01 Å². The highest BCUT2D eigenvalue weighted by Gasteiger charge is 2.34. The molecular formula is C14H8BrF3N2O. The highest BCUT2D eigenvalue weighted by molar-refractivity contribution is 9.10. The Kier molecular flexibility index (Phi) is 3.36. The van der Waals surface area contributed by atoms with Gasteiger partial charge in [0, 0.05) is 4.47 Å². The number of rotatable bonds is 2. The second-order valence-corrected chi connectivity index (χ2v) is 5.22. The summed E-state index contributed by atoms with van der Waals surface area (Å²) in [6.07, 6.45) is -4.47. The lowest BCUT2D eigenvalue weighted by atomic mass is 10.1. The molecule has 0 aliphatic carbocycles. The molecule has 0 radical (unpaired) electrons. The largest absolute Gasteiger partial charge is 0.423 e. The molecule has 1 N–H and O–H groups in total. The molecule has 0 aliphatic heterocycles. The number of para-hydroxylation sites is 2. The van der Waals surface area contributed by atoms with Crippen LogP contribution in [0.1, 0.15) is 5.56 Å².